The Kier molecular flexibility index (Phi) is 12.3. The van der Waals surface area contributed by atoms with E-state index >= 15 is 0 Å². The lowest BCUT2D eigenvalue weighted by molar-refractivity contribution is -0.130. The van der Waals surface area contributed by atoms with Crippen molar-refractivity contribution >= 4 is 23.4 Å². The molecular weight excluding hydrogens is 673 g/mol. The maximum atomic E-state index is 14.9. The highest BCUT2D eigenvalue weighted by atomic mass is 19.1. The van der Waals surface area contributed by atoms with Gasteiger partial charge in [0, 0.05) is 48.8 Å². The van der Waals surface area contributed by atoms with Crippen molar-refractivity contribution in [2.24, 2.45) is 17.6 Å². The second kappa shape index (κ2) is 17.2. The third-order valence-electron chi connectivity index (χ3n) is 10.8. The van der Waals surface area contributed by atoms with Gasteiger partial charge in [-0.2, -0.15) is 5.21 Å². The van der Waals surface area contributed by atoms with Crippen LogP contribution in [0.4, 0.5) is 10.1 Å². The van der Waals surface area contributed by atoms with Crippen molar-refractivity contribution in [3.05, 3.63) is 83.2 Å². The Balaban J connectivity index is 1.13. The number of aromatic nitrogens is 4. The molecule has 13 heteroatoms. The first kappa shape index (κ1) is 37.7. The second-order valence-electron chi connectivity index (χ2n) is 14.7. The number of likely N-dealkylation sites (tertiary alicyclic amines) is 1. The molecule has 1 atom stereocenters. The van der Waals surface area contributed by atoms with Crippen molar-refractivity contribution in [1.82, 2.24) is 36.2 Å². The highest BCUT2D eigenvalue weighted by molar-refractivity contribution is 5.98. The summed E-state index contributed by atoms with van der Waals surface area (Å²) < 4.78 is 14.9. The van der Waals surface area contributed by atoms with Crippen molar-refractivity contribution in [3.8, 4) is 22.5 Å². The van der Waals surface area contributed by atoms with Gasteiger partial charge >= 0.3 is 0 Å². The van der Waals surface area contributed by atoms with E-state index in [2.05, 4.69) is 55.3 Å². The number of carbonyl (C=O) groups excluding carboxylic acids is 3. The number of aryl methyl sites for hydroxylation is 1. The number of hydrogen-bond donors (Lipinski definition) is 5. The van der Waals surface area contributed by atoms with Crippen molar-refractivity contribution in [2.45, 2.75) is 83.8 Å². The Bertz CT molecular complexity index is 1870. The van der Waals surface area contributed by atoms with Gasteiger partial charge in [-0.25, -0.2) is 4.39 Å². The number of H-pyrrole nitrogens is 1. The lowest BCUT2D eigenvalue weighted by Gasteiger charge is -2.34. The molecule has 1 saturated heterocycles. The van der Waals surface area contributed by atoms with Crippen LogP contribution in [0.5, 0.6) is 0 Å². The quantitative estimate of drug-likeness (QED) is 0.136. The molecule has 4 aromatic rings. The lowest BCUT2D eigenvalue weighted by atomic mass is 9.81. The average Bonchev–Trinajstić information content (AvgIpc) is 3.70. The third kappa shape index (κ3) is 9.51. The van der Waals surface area contributed by atoms with Gasteiger partial charge in [-0.1, -0.05) is 30.3 Å². The fraction of sp³-hybridized carbons (Fsp3) is 0.450. The molecule has 1 aliphatic heterocycles. The molecule has 3 amide bonds. The van der Waals surface area contributed by atoms with Gasteiger partial charge in [0.15, 0.2) is 0 Å². The van der Waals surface area contributed by atoms with E-state index in [9.17, 15) is 18.8 Å². The maximum absolute atomic E-state index is 14.9. The Labute approximate surface area is 309 Å². The first-order chi connectivity index (χ1) is 25.6. The van der Waals surface area contributed by atoms with Gasteiger partial charge in [0.2, 0.25) is 17.6 Å². The van der Waals surface area contributed by atoms with Gasteiger partial charge in [0.1, 0.15) is 11.9 Å². The normalized spacial score (nSPS) is 18.8. The van der Waals surface area contributed by atoms with Crippen LogP contribution in [0.1, 0.15) is 73.9 Å². The topological polar surface area (TPSA) is 171 Å². The van der Waals surface area contributed by atoms with Crippen LogP contribution in [0.25, 0.3) is 22.5 Å². The number of rotatable bonds is 12. The molecule has 1 aromatic heterocycles. The number of amides is 3. The van der Waals surface area contributed by atoms with Gasteiger partial charge in [-0.3, -0.25) is 14.4 Å². The standard InChI is InChI=1S/C40H50FN9O3/c1-24(2)50-18-16-31(17-19-50)43-39(52)30-12-14-33(25(3)20-30)28-8-4-26(5-9-28)21-36(45-38(51)29-10-6-27(23-42)7-11-29)40(53)44-32-13-15-34(35(41)22-32)37-46-48-49-47-37/h4-5,8-9,12-15,20,22,24,27,29,31,36H,6-7,10-11,16-19,21,23,42H2,1-3H3,(H,43,52)(H,44,53)(H,45,51)(H,46,47,48,49)/t27?,29?,36-/m0/s1. The summed E-state index contributed by atoms with van der Waals surface area (Å²) in [5, 5.41) is 22.4. The number of anilines is 1. The Hall–Kier alpha value is -5.01. The van der Waals surface area contributed by atoms with E-state index in [4.69, 9.17) is 5.73 Å². The van der Waals surface area contributed by atoms with Crippen LogP contribution in [-0.2, 0) is 16.0 Å². The summed E-state index contributed by atoms with van der Waals surface area (Å²) in [5.74, 6) is -0.990. The Morgan fingerprint density at radius 2 is 1.66 bits per heavy atom. The maximum Gasteiger partial charge on any atom is 0.251 e. The molecule has 6 rings (SSSR count). The highest BCUT2D eigenvalue weighted by Gasteiger charge is 2.30. The van der Waals surface area contributed by atoms with Crippen LogP contribution >= 0.6 is 0 Å². The van der Waals surface area contributed by atoms with E-state index in [0.29, 0.717) is 24.1 Å². The predicted octanol–water partition coefficient (Wildman–Crippen LogP) is 5.01. The van der Waals surface area contributed by atoms with Crippen LogP contribution in [0.2, 0.25) is 0 Å². The number of nitrogens with zero attached hydrogens (tertiary/aromatic N) is 4. The molecule has 0 spiro atoms. The molecule has 2 fully saturated rings. The number of nitrogens with two attached hydrogens (primary N) is 1. The van der Waals surface area contributed by atoms with Crippen LogP contribution in [0.15, 0.2) is 60.7 Å². The molecule has 280 valence electrons. The molecule has 6 N–H and O–H groups in total. The molecule has 1 aliphatic carbocycles. The number of nitrogens with one attached hydrogen (secondary N) is 4. The average molecular weight is 724 g/mol. The minimum atomic E-state index is -0.905. The van der Waals surface area contributed by atoms with Gasteiger partial charge < -0.3 is 26.6 Å². The minimum absolute atomic E-state index is 0.0533. The van der Waals surface area contributed by atoms with Crippen molar-refractivity contribution in [2.75, 3.05) is 25.0 Å². The fourth-order valence-corrected chi connectivity index (χ4v) is 7.45. The number of halogens is 1. The first-order valence-electron chi connectivity index (χ1n) is 18.7. The van der Waals surface area contributed by atoms with Crippen molar-refractivity contribution < 1.29 is 18.8 Å². The van der Waals surface area contributed by atoms with E-state index in [-0.39, 0.29) is 47.3 Å². The van der Waals surface area contributed by atoms with Gasteiger partial charge in [-0.15, -0.1) is 10.2 Å². The highest BCUT2D eigenvalue weighted by Crippen LogP contribution is 2.29. The van der Waals surface area contributed by atoms with Crippen LogP contribution < -0.4 is 21.7 Å². The van der Waals surface area contributed by atoms with Crippen molar-refractivity contribution in [1.29, 1.82) is 0 Å². The molecule has 2 heterocycles. The number of carbonyl (C=O) groups is 3. The van der Waals surface area contributed by atoms with Crippen LogP contribution in [-0.4, -0.2) is 81.0 Å². The number of aromatic amines is 1. The summed E-state index contributed by atoms with van der Waals surface area (Å²) in [6, 6.07) is 17.6. The summed E-state index contributed by atoms with van der Waals surface area (Å²) in [6.07, 6.45) is 5.32. The SMILES string of the molecule is Cc1cc(C(=O)NC2CCN(C(C)C)CC2)ccc1-c1ccc(C[C@H](NC(=O)C2CCC(CN)CC2)C(=O)Nc2ccc(-c3nn[nH]n3)c(F)c2)cc1. The number of piperidine rings is 1. The largest absolute Gasteiger partial charge is 0.349 e. The smallest absolute Gasteiger partial charge is 0.251 e. The van der Waals surface area contributed by atoms with Crippen molar-refractivity contribution in [3.63, 3.8) is 0 Å². The van der Waals surface area contributed by atoms with Crippen LogP contribution in [0.3, 0.4) is 0 Å². The summed E-state index contributed by atoms with van der Waals surface area (Å²) in [5.41, 5.74) is 10.7. The number of tetrazole rings is 1. The summed E-state index contributed by atoms with van der Waals surface area (Å²) in [4.78, 5) is 42.7. The second-order valence-corrected chi connectivity index (χ2v) is 14.7. The molecule has 2 aliphatic rings. The molecule has 53 heavy (non-hydrogen) atoms. The Morgan fingerprint density at radius 3 is 2.28 bits per heavy atom. The molecule has 0 radical (unpaired) electrons. The van der Waals surface area contributed by atoms with Gasteiger partial charge in [0.05, 0.1) is 5.56 Å². The van der Waals surface area contributed by atoms with E-state index in [1.54, 1.807) is 6.07 Å². The monoisotopic (exact) mass is 723 g/mol. The summed E-state index contributed by atoms with van der Waals surface area (Å²) in [7, 11) is 0. The fourth-order valence-electron chi connectivity index (χ4n) is 7.45. The van der Waals surface area contributed by atoms with E-state index in [1.807, 2.05) is 49.4 Å². The minimum Gasteiger partial charge on any atom is -0.349 e. The summed E-state index contributed by atoms with van der Waals surface area (Å²) in [6.45, 7) is 8.99. The van der Waals surface area contributed by atoms with E-state index < -0.39 is 17.8 Å². The zero-order chi connectivity index (χ0) is 37.5. The third-order valence-corrected chi connectivity index (χ3v) is 10.8. The van der Waals surface area contributed by atoms with Crippen LogP contribution in [0, 0.1) is 24.6 Å². The first-order valence-corrected chi connectivity index (χ1v) is 18.7. The molecule has 12 nitrogen and oxygen atoms in total. The Morgan fingerprint density at radius 1 is 0.943 bits per heavy atom. The lowest BCUT2D eigenvalue weighted by Crippen LogP contribution is -2.48. The van der Waals surface area contributed by atoms with E-state index in [1.165, 1.54) is 12.1 Å². The number of benzene rings is 3. The summed E-state index contributed by atoms with van der Waals surface area (Å²) >= 11 is 0. The molecule has 0 bridgehead atoms. The van der Waals surface area contributed by atoms with Gasteiger partial charge in [0.25, 0.3) is 5.91 Å². The molecular formula is C40H50FN9O3. The van der Waals surface area contributed by atoms with Gasteiger partial charge in [-0.05, 0) is 130 Å². The number of hydrogen-bond acceptors (Lipinski definition) is 8. The van der Waals surface area contributed by atoms with E-state index in [0.717, 1.165) is 73.9 Å². The molecule has 3 aromatic carbocycles. The molecule has 1 saturated carbocycles. The zero-order valence-electron chi connectivity index (χ0n) is 30.7. The molecule has 0 unspecified atom stereocenters. The predicted molar refractivity (Wildman–Crippen MR) is 202 cm³/mol. The zero-order valence-corrected chi connectivity index (χ0v) is 30.7.